The Morgan fingerprint density at radius 2 is 0.903 bits per heavy atom. The second kappa shape index (κ2) is 14.8. The highest BCUT2D eigenvalue weighted by Crippen LogP contribution is 2.65. The summed E-state index contributed by atoms with van der Waals surface area (Å²) in [5.74, 6) is 0. The van der Waals surface area contributed by atoms with E-state index in [1.54, 1.807) is 0 Å². The number of fused-ring (bicyclic) bond motifs is 19. The summed E-state index contributed by atoms with van der Waals surface area (Å²) >= 11 is 0. The highest BCUT2D eigenvalue weighted by atomic mass is 16.3. The number of rotatable bonds is 5. The van der Waals surface area contributed by atoms with Crippen molar-refractivity contribution < 1.29 is 4.42 Å². The fraction of sp³-hybridized carbons (Fsp3) is 0.0145. The van der Waals surface area contributed by atoms with Crippen molar-refractivity contribution in [3.05, 3.63) is 277 Å². The van der Waals surface area contributed by atoms with Gasteiger partial charge in [0.1, 0.15) is 11.2 Å². The molecule has 2 aromatic heterocycles. The van der Waals surface area contributed by atoms with Crippen molar-refractivity contribution in [3.8, 4) is 39.1 Å². The zero-order valence-electron chi connectivity index (χ0n) is 39.1. The SMILES string of the molecule is c1ccc(N(c2cccc3c2-c2ccccc2C32c3ccccc3-c3ccccc32)c2cccc3c4c(-c5cc6ccccc6c6ccccc56)c5c(cc4n(-c4ccccc4)c23)oc2ccccc25)cc1. The maximum atomic E-state index is 6.98. The first-order valence-electron chi connectivity index (χ1n) is 24.9. The van der Waals surface area contributed by atoms with Gasteiger partial charge in [-0.2, -0.15) is 0 Å². The van der Waals surface area contributed by atoms with Crippen molar-refractivity contribution in [3.63, 3.8) is 0 Å². The molecule has 3 nitrogen and oxygen atoms in total. The molecule has 0 saturated heterocycles. The second-order valence-corrected chi connectivity index (χ2v) is 19.4. The van der Waals surface area contributed by atoms with E-state index in [0.717, 1.165) is 61.1 Å². The minimum Gasteiger partial charge on any atom is -0.456 e. The Hall–Kier alpha value is -9.44. The van der Waals surface area contributed by atoms with Crippen LogP contribution in [-0.4, -0.2) is 4.57 Å². The molecular formula is C69H42N2O. The van der Waals surface area contributed by atoms with Crippen molar-refractivity contribution in [2.45, 2.75) is 5.41 Å². The lowest BCUT2D eigenvalue weighted by Crippen LogP contribution is -2.26. The van der Waals surface area contributed by atoms with Gasteiger partial charge in [0.2, 0.25) is 0 Å². The Balaban J connectivity index is 1.07. The third-order valence-electron chi connectivity index (χ3n) is 15.9. The van der Waals surface area contributed by atoms with Crippen LogP contribution in [0.5, 0.6) is 0 Å². The zero-order chi connectivity index (χ0) is 47.1. The molecule has 2 heterocycles. The van der Waals surface area contributed by atoms with Gasteiger partial charge in [0.05, 0.1) is 27.8 Å². The highest BCUT2D eigenvalue weighted by Gasteiger charge is 2.52. The van der Waals surface area contributed by atoms with Gasteiger partial charge in [0.15, 0.2) is 0 Å². The predicted octanol–water partition coefficient (Wildman–Crippen LogP) is 18.5. The Bertz CT molecular complexity index is 4530. The van der Waals surface area contributed by atoms with E-state index in [0.29, 0.717) is 0 Å². The average molecular weight is 915 g/mol. The molecule has 0 N–H and O–H groups in total. The highest BCUT2D eigenvalue weighted by molar-refractivity contribution is 6.31. The van der Waals surface area contributed by atoms with E-state index < -0.39 is 5.41 Å². The van der Waals surface area contributed by atoms with Crippen molar-refractivity contribution in [1.29, 1.82) is 0 Å². The van der Waals surface area contributed by atoms with E-state index in [9.17, 15) is 0 Å². The first-order chi connectivity index (χ1) is 35.8. The molecule has 3 heteroatoms. The number of aromatic nitrogens is 1. The van der Waals surface area contributed by atoms with Gasteiger partial charge in [-0.15, -0.1) is 0 Å². The van der Waals surface area contributed by atoms with Crippen molar-refractivity contribution in [2.24, 2.45) is 0 Å². The van der Waals surface area contributed by atoms with E-state index in [4.69, 9.17) is 4.42 Å². The molecule has 72 heavy (non-hydrogen) atoms. The summed E-state index contributed by atoms with van der Waals surface area (Å²) in [5, 5.41) is 9.46. The van der Waals surface area contributed by atoms with Crippen LogP contribution in [0.25, 0.3) is 104 Å². The number of anilines is 3. The van der Waals surface area contributed by atoms with Crippen molar-refractivity contribution >= 4 is 82.4 Å². The zero-order valence-corrected chi connectivity index (χ0v) is 39.1. The fourth-order valence-corrected chi connectivity index (χ4v) is 13.3. The molecular weight excluding hydrogens is 873 g/mol. The predicted molar refractivity (Wildman–Crippen MR) is 299 cm³/mol. The molecule has 0 aliphatic heterocycles. The molecule has 0 atom stereocenters. The van der Waals surface area contributed by atoms with Crippen LogP contribution in [-0.2, 0) is 5.41 Å². The topological polar surface area (TPSA) is 21.3 Å². The van der Waals surface area contributed by atoms with Gasteiger partial charge in [0, 0.05) is 50.1 Å². The lowest BCUT2D eigenvalue weighted by Gasteiger charge is -2.32. The molecule has 0 fully saturated rings. The van der Waals surface area contributed by atoms with Gasteiger partial charge in [-0.1, -0.05) is 200 Å². The third-order valence-corrected chi connectivity index (χ3v) is 15.9. The van der Waals surface area contributed by atoms with Gasteiger partial charge in [-0.05, 0) is 115 Å². The fourth-order valence-electron chi connectivity index (χ4n) is 13.3. The Morgan fingerprint density at radius 3 is 1.67 bits per heavy atom. The maximum absolute atomic E-state index is 6.98. The second-order valence-electron chi connectivity index (χ2n) is 19.4. The van der Waals surface area contributed by atoms with Crippen LogP contribution < -0.4 is 4.90 Å². The standard InChI is InChI=1S/C69H42N2O/c1-3-22-44(23-4-1)70(59-38-20-37-58-64(59)51-31-13-17-36-57(51)69(58)55-34-15-11-29-49(55)50-30-12-16-35-56(50)69)60-39-19-33-53-65-61(71(68(53)60)45-24-5-2-6-25-45)42-63-66(52-32-14-18-40-62(52)72-63)67(65)54-41-43-21-7-8-26-46(43)47-27-9-10-28-48(47)54/h1-42H. The lowest BCUT2D eigenvalue weighted by atomic mass is 9.70. The molecule has 0 saturated carbocycles. The molecule has 14 aromatic rings. The number of para-hydroxylation sites is 4. The van der Waals surface area contributed by atoms with E-state index in [1.165, 1.54) is 82.6 Å². The lowest BCUT2D eigenvalue weighted by molar-refractivity contribution is 0.669. The monoisotopic (exact) mass is 914 g/mol. The molecule has 0 radical (unpaired) electrons. The Morgan fingerprint density at radius 1 is 0.347 bits per heavy atom. The summed E-state index contributed by atoms with van der Waals surface area (Å²) < 4.78 is 9.48. The summed E-state index contributed by atoms with van der Waals surface area (Å²) in [6.45, 7) is 0. The smallest absolute Gasteiger partial charge is 0.138 e. The Labute approximate surface area is 415 Å². The van der Waals surface area contributed by atoms with Crippen molar-refractivity contribution in [2.75, 3.05) is 4.90 Å². The van der Waals surface area contributed by atoms with E-state index in [-0.39, 0.29) is 0 Å². The summed E-state index contributed by atoms with van der Waals surface area (Å²) in [6, 6.07) is 94.1. The molecule has 334 valence electrons. The van der Waals surface area contributed by atoms with Gasteiger partial charge in [-0.25, -0.2) is 0 Å². The first-order valence-corrected chi connectivity index (χ1v) is 24.9. The molecule has 2 aliphatic carbocycles. The average Bonchev–Trinajstić information content (AvgIpc) is 4.17. The van der Waals surface area contributed by atoms with E-state index in [1.807, 2.05) is 0 Å². The molecule has 16 rings (SSSR count). The Kier molecular flexibility index (Phi) is 8.09. The minimum absolute atomic E-state index is 0.489. The van der Waals surface area contributed by atoms with Crippen LogP contribution in [0.3, 0.4) is 0 Å². The van der Waals surface area contributed by atoms with Gasteiger partial charge < -0.3 is 13.9 Å². The number of furan rings is 1. The number of nitrogens with zero attached hydrogens (tertiary/aromatic N) is 2. The molecule has 0 amide bonds. The van der Waals surface area contributed by atoms with Gasteiger partial charge in [0.25, 0.3) is 0 Å². The van der Waals surface area contributed by atoms with Crippen LogP contribution in [0, 0.1) is 0 Å². The van der Waals surface area contributed by atoms with Gasteiger partial charge in [-0.3, -0.25) is 0 Å². The van der Waals surface area contributed by atoms with Crippen LogP contribution in [0.4, 0.5) is 17.1 Å². The van der Waals surface area contributed by atoms with Gasteiger partial charge >= 0.3 is 0 Å². The summed E-state index contributed by atoms with van der Waals surface area (Å²) in [6.07, 6.45) is 0. The van der Waals surface area contributed by atoms with Crippen LogP contribution >= 0.6 is 0 Å². The summed E-state index contributed by atoms with van der Waals surface area (Å²) in [5.41, 5.74) is 20.5. The molecule has 2 aliphatic rings. The molecule has 0 unspecified atom stereocenters. The number of hydrogen-bond acceptors (Lipinski definition) is 2. The third kappa shape index (κ3) is 5.13. The first kappa shape index (κ1) is 39.4. The largest absolute Gasteiger partial charge is 0.456 e. The summed E-state index contributed by atoms with van der Waals surface area (Å²) in [4.78, 5) is 2.53. The van der Waals surface area contributed by atoms with Crippen molar-refractivity contribution in [1.82, 2.24) is 4.57 Å². The number of hydrogen-bond donors (Lipinski definition) is 0. The van der Waals surface area contributed by atoms with Crippen LogP contribution in [0.15, 0.2) is 259 Å². The normalized spacial score (nSPS) is 13.1. The minimum atomic E-state index is -0.489. The van der Waals surface area contributed by atoms with Crippen LogP contribution in [0.2, 0.25) is 0 Å². The van der Waals surface area contributed by atoms with Crippen LogP contribution in [0.1, 0.15) is 22.3 Å². The van der Waals surface area contributed by atoms with E-state index >= 15 is 0 Å². The number of benzene rings is 12. The molecule has 0 bridgehead atoms. The van der Waals surface area contributed by atoms with E-state index in [2.05, 4.69) is 264 Å². The molecule has 12 aromatic carbocycles. The molecule has 1 spiro atoms. The quantitative estimate of drug-likeness (QED) is 0.160. The summed E-state index contributed by atoms with van der Waals surface area (Å²) in [7, 11) is 0. The maximum Gasteiger partial charge on any atom is 0.138 e.